The highest BCUT2D eigenvalue weighted by molar-refractivity contribution is 5.89. The first kappa shape index (κ1) is 11.4. The molecule has 0 radical (unpaired) electrons. The van der Waals surface area contributed by atoms with E-state index in [0.717, 1.165) is 5.39 Å². The van der Waals surface area contributed by atoms with Crippen molar-refractivity contribution in [3.8, 4) is 5.88 Å². The number of nitrogens with two attached hydrogens (primary N) is 1. The molecule has 0 saturated carbocycles. The molecule has 3 N–H and O–H groups in total. The average molecular weight is 233 g/mol. The molecule has 2 rings (SSSR count). The van der Waals surface area contributed by atoms with Crippen molar-refractivity contribution < 1.29 is 4.74 Å². The maximum absolute atomic E-state index is 5.59. The molecule has 2 heterocycles. The van der Waals surface area contributed by atoms with E-state index in [9.17, 15) is 0 Å². The fourth-order valence-corrected chi connectivity index (χ4v) is 1.51. The zero-order chi connectivity index (χ0) is 12.4. The first-order valence-electron chi connectivity index (χ1n) is 5.34. The van der Waals surface area contributed by atoms with E-state index in [-0.39, 0.29) is 12.0 Å². The molecule has 0 saturated heterocycles. The number of fused-ring (bicyclic) bond motifs is 1. The second kappa shape index (κ2) is 4.40. The number of methoxy groups -OCH3 is 1. The van der Waals surface area contributed by atoms with Crippen LogP contribution in [0, 0.1) is 0 Å². The molecule has 6 heteroatoms. The van der Waals surface area contributed by atoms with E-state index in [1.54, 1.807) is 19.4 Å². The number of nitrogens with one attached hydrogen (secondary N) is 1. The number of hydrogen-bond acceptors (Lipinski definition) is 6. The first-order valence-corrected chi connectivity index (χ1v) is 5.34. The summed E-state index contributed by atoms with van der Waals surface area (Å²) in [5, 5.41) is 4.05. The Kier molecular flexibility index (Phi) is 2.95. The Morgan fingerprint density at radius 2 is 2.12 bits per heavy atom. The van der Waals surface area contributed by atoms with Gasteiger partial charge in [-0.3, -0.25) is 0 Å². The zero-order valence-corrected chi connectivity index (χ0v) is 10.1. The van der Waals surface area contributed by atoms with Gasteiger partial charge in [0.05, 0.1) is 7.11 Å². The van der Waals surface area contributed by atoms with Gasteiger partial charge in [0.15, 0.2) is 5.82 Å². The van der Waals surface area contributed by atoms with Gasteiger partial charge >= 0.3 is 0 Å². The summed E-state index contributed by atoms with van der Waals surface area (Å²) < 4.78 is 5.14. The molecule has 90 valence electrons. The van der Waals surface area contributed by atoms with Crippen molar-refractivity contribution in [1.29, 1.82) is 0 Å². The molecule has 0 bridgehead atoms. The second-order valence-corrected chi connectivity index (χ2v) is 3.98. The number of anilines is 2. The SMILES string of the molecule is COc1cc2cnc(N)nc2c(NC(C)C)n1. The van der Waals surface area contributed by atoms with Crippen LogP contribution in [-0.2, 0) is 0 Å². The van der Waals surface area contributed by atoms with Gasteiger partial charge in [-0.25, -0.2) is 9.97 Å². The molecule has 0 fully saturated rings. The van der Waals surface area contributed by atoms with Crippen molar-refractivity contribution in [3.63, 3.8) is 0 Å². The fraction of sp³-hybridized carbons (Fsp3) is 0.364. The molecule has 6 nitrogen and oxygen atoms in total. The summed E-state index contributed by atoms with van der Waals surface area (Å²) >= 11 is 0. The predicted molar refractivity (Wildman–Crippen MR) is 67.1 cm³/mol. The molecule has 0 aliphatic carbocycles. The topological polar surface area (TPSA) is 86.0 Å². The lowest BCUT2D eigenvalue weighted by Gasteiger charge is -2.12. The smallest absolute Gasteiger partial charge is 0.220 e. The van der Waals surface area contributed by atoms with Gasteiger partial charge in [-0.1, -0.05) is 0 Å². The van der Waals surface area contributed by atoms with Crippen molar-refractivity contribution in [2.75, 3.05) is 18.2 Å². The Labute approximate surface area is 99.2 Å². The highest BCUT2D eigenvalue weighted by Crippen LogP contribution is 2.24. The summed E-state index contributed by atoms with van der Waals surface area (Å²) in [6, 6.07) is 2.02. The van der Waals surface area contributed by atoms with E-state index in [2.05, 4.69) is 20.3 Å². The monoisotopic (exact) mass is 233 g/mol. The van der Waals surface area contributed by atoms with E-state index >= 15 is 0 Å². The number of hydrogen-bond donors (Lipinski definition) is 2. The number of nitrogens with zero attached hydrogens (tertiary/aromatic N) is 3. The van der Waals surface area contributed by atoms with Gasteiger partial charge in [0.25, 0.3) is 0 Å². The third-order valence-corrected chi connectivity index (χ3v) is 2.20. The van der Waals surface area contributed by atoms with Gasteiger partial charge < -0.3 is 15.8 Å². The minimum absolute atomic E-state index is 0.233. The van der Waals surface area contributed by atoms with Crippen LogP contribution in [-0.4, -0.2) is 28.1 Å². The van der Waals surface area contributed by atoms with Crippen LogP contribution in [0.25, 0.3) is 10.9 Å². The number of nitrogen functional groups attached to an aromatic ring is 1. The van der Waals surface area contributed by atoms with E-state index in [0.29, 0.717) is 17.2 Å². The molecule has 0 spiro atoms. The Balaban J connectivity index is 2.63. The van der Waals surface area contributed by atoms with Gasteiger partial charge in [-0.05, 0) is 13.8 Å². The maximum atomic E-state index is 5.59. The molecule has 0 amide bonds. The molecule has 0 aromatic carbocycles. The average Bonchev–Trinajstić information content (AvgIpc) is 2.28. The van der Waals surface area contributed by atoms with E-state index in [1.165, 1.54) is 0 Å². The molecule has 0 aliphatic heterocycles. The standard InChI is InChI=1S/C11H15N5O/c1-6(2)14-10-9-7(4-8(15-10)17-3)5-13-11(12)16-9/h4-6H,1-3H3,(H,14,15)(H2,12,13,16). The van der Waals surface area contributed by atoms with Crippen molar-refractivity contribution in [2.24, 2.45) is 0 Å². The van der Waals surface area contributed by atoms with E-state index in [4.69, 9.17) is 10.5 Å². The third-order valence-electron chi connectivity index (χ3n) is 2.20. The summed E-state index contributed by atoms with van der Waals surface area (Å²) in [6.07, 6.45) is 1.66. The number of ether oxygens (including phenoxy) is 1. The minimum Gasteiger partial charge on any atom is -0.481 e. The van der Waals surface area contributed by atoms with E-state index < -0.39 is 0 Å². The van der Waals surface area contributed by atoms with Gasteiger partial charge in [0, 0.05) is 23.7 Å². The van der Waals surface area contributed by atoms with Crippen molar-refractivity contribution in [1.82, 2.24) is 15.0 Å². The summed E-state index contributed by atoms with van der Waals surface area (Å²) in [5.41, 5.74) is 6.29. The fourth-order valence-electron chi connectivity index (χ4n) is 1.51. The lowest BCUT2D eigenvalue weighted by Crippen LogP contribution is -2.12. The van der Waals surface area contributed by atoms with Gasteiger partial charge in [-0.2, -0.15) is 4.98 Å². The highest BCUT2D eigenvalue weighted by atomic mass is 16.5. The van der Waals surface area contributed by atoms with Crippen LogP contribution in [0.3, 0.4) is 0 Å². The summed E-state index contributed by atoms with van der Waals surface area (Å²) in [4.78, 5) is 12.5. The summed E-state index contributed by atoms with van der Waals surface area (Å²) in [5.74, 6) is 1.41. The Bertz CT molecular complexity index is 541. The van der Waals surface area contributed by atoms with Crippen LogP contribution in [0.4, 0.5) is 11.8 Å². The molecule has 0 aliphatic rings. The largest absolute Gasteiger partial charge is 0.481 e. The molecule has 0 atom stereocenters. The van der Waals surface area contributed by atoms with Gasteiger partial charge in [-0.15, -0.1) is 0 Å². The van der Waals surface area contributed by atoms with Crippen LogP contribution in [0.1, 0.15) is 13.8 Å². The highest BCUT2D eigenvalue weighted by Gasteiger charge is 2.09. The van der Waals surface area contributed by atoms with Crippen LogP contribution in [0.15, 0.2) is 12.3 Å². The molecular formula is C11H15N5O. The molecule has 2 aromatic heterocycles. The van der Waals surface area contributed by atoms with Crippen LogP contribution in [0.5, 0.6) is 5.88 Å². The number of pyridine rings is 1. The molecule has 17 heavy (non-hydrogen) atoms. The maximum Gasteiger partial charge on any atom is 0.220 e. The predicted octanol–water partition coefficient (Wildman–Crippen LogP) is 1.44. The number of rotatable bonds is 3. The second-order valence-electron chi connectivity index (χ2n) is 3.98. The lowest BCUT2D eigenvalue weighted by atomic mass is 10.2. The van der Waals surface area contributed by atoms with Crippen molar-refractivity contribution in [2.45, 2.75) is 19.9 Å². The van der Waals surface area contributed by atoms with E-state index in [1.807, 2.05) is 13.8 Å². The quantitative estimate of drug-likeness (QED) is 0.834. The van der Waals surface area contributed by atoms with Crippen LogP contribution in [0.2, 0.25) is 0 Å². The van der Waals surface area contributed by atoms with Gasteiger partial charge in [0.2, 0.25) is 11.8 Å². The van der Waals surface area contributed by atoms with Crippen molar-refractivity contribution >= 4 is 22.7 Å². The Morgan fingerprint density at radius 3 is 2.76 bits per heavy atom. The van der Waals surface area contributed by atoms with Crippen LogP contribution < -0.4 is 15.8 Å². The molecule has 0 unspecified atom stereocenters. The third kappa shape index (κ3) is 2.35. The Morgan fingerprint density at radius 1 is 1.35 bits per heavy atom. The molecular weight excluding hydrogens is 218 g/mol. The van der Waals surface area contributed by atoms with Gasteiger partial charge in [0.1, 0.15) is 5.52 Å². The minimum atomic E-state index is 0.233. The lowest BCUT2D eigenvalue weighted by molar-refractivity contribution is 0.399. The summed E-state index contributed by atoms with van der Waals surface area (Å²) in [6.45, 7) is 4.05. The first-order chi connectivity index (χ1) is 8.10. The Hall–Kier alpha value is -2.11. The summed E-state index contributed by atoms with van der Waals surface area (Å²) in [7, 11) is 1.57. The normalized spacial score (nSPS) is 10.8. The number of aromatic nitrogens is 3. The van der Waals surface area contributed by atoms with Crippen LogP contribution >= 0.6 is 0 Å². The molecule has 2 aromatic rings. The zero-order valence-electron chi connectivity index (χ0n) is 10.1. The van der Waals surface area contributed by atoms with Crippen molar-refractivity contribution in [3.05, 3.63) is 12.3 Å².